The van der Waals surface area contributed by atoms with Crippen LogP contribution in [0.2, 0.25) is 0 Å². The minimum Gasteiger partial charge on any atom is -0.110 e. The van der Waals surface area contributed by atoms with Crippen LogP contribution in [0.3, 0.4) is 0 Å². The third-order valence-corrected chi connectivity index (χ3v) is 4.60. The normalized spacial score (nSPS) is 28.2. The molecule has 1 rings (SSSR count). The zero-order valence-corrected chi connectivity index (χ0v) is 13.7. The highest BCUT2D eigenvalue weighted by molar-refractivity contribution is 8.05. The van der Waals surface area contributed by atoms with Crippen LogP contribution in [0.25, 0.3) is 0 Å². The van der Waals surface area contributed by atoms with Gasteiger partial charge in [-0.1, -0.05) is 44.7 Å². The summed E-state index contributed by atoms with van der Waals surface area (Å²) < 4.78 is 0. The highest BCUT2D eigenvalue weighted by atomic mass is 32.2. The zero-order valence-electron chi connectivity index (χ0n) is 11.8. The Bertz CT molecular complexity index is 375. The van der Waals surface area contributed by atoms with Gasteiger partial charge in [0.25, 0.3) is 0 Å². The summed E-state index contributed by atoms with van der Waals surface area (Å²) in [5, 5.41) is 3.41. The maximum absolute atomic E-state index is 4.14. The fourth-order valence-corrected chi connectivity index (χ4v) is 2.66. The largest absolute Gasteiger partial charge is 0.110 e. The quantitative estimate of drug-likeness (QED) is 0.445. The van der Waals surface area contributed by atoms with Crippen molar-refractivity contribution in [3.63, 3.8) is 0 Å². The van der Waals surface area contributed by atoms with E-state index in [2.05, 4.69) is 66.3 Å². The fourth-order valence-electron chi connectivity index (χ4n) is 1.88. The summed E-state index contributed by atoms with van der Waals surface area (Å²) in [6, 6.07) is 0. The molecule has 0 aromatic heterocycles. The second-order valence-corrected chi connectivity index (χ2v) is 7.46. The van der Waals surface area contributed by atoms with E-state index in [0.29, 0.717) is 5.92 Å². The van der Waals surface area contributed by atoms with Gasteiger partial charge in [0.15, 0.2) is 0 Å². The van der Waals surface area contributed by atoms with Gasteiger partial charge in [-0.15, -0.1) is 21.0 Å². The van der Waals surface area contributed by atoms with Gasteiger partial charge >= 0.3 is 0 Å². The Morgan fingerprint density at radius 1 is 1.56 bits per heavy atom. The molecular formula is C16H25PS. The van der Waals surface area contributed by atoms with Crippen LogP contribution in [0.5, 0.6) is 0 Å². The van der Waals surface area contributed by atoms with Crippen LogP contribution in [0.4, 0.5) is 0 Å². The van der Waals surface area contributed by atoms with Crippen LogP contribution in [0.15, 0.2) is 46.5 Å². The molecule has 0 aliphatic heterocycles. The predicted molar refractivity (Wildman–Crippen MR) is 89.6 cm³/mol. The molecule has 0 saturated heterocycles. The lowest BCUT2D eigenvalue weighted by Gasteiger charge is -2.21. The third-order valence-electron chi connectivity index (χ3n) is 3.17. The first kappa shape index (κ1) is 15.8. The van der Waals surface area contributed by atoms with Gasteiger partial charge < -0.3 is 0 Å². The average molecular weight is 280 g/mol. The lowest BCUT2D eigenvalue weighted by Crippen LogP contribution is -2.08. The molecule has 100 valence electrons. The lowest BCUT2D eigenvalue weighted by atomic mass is 9.85. The topological polar surface area (TPSA) is 0 Å². The predicted octanol–water partition coefficient (Wildman–Crippen LogP) is 5.91. The smallest absolute Gasteiger partial charge is 0.00361 e. The number of thioether (sulfide) groups is 1. The molecule has 1 aliphatic rings. The van der Waals surface area contributed by atoms with Gasteiger partial charge in [-0.25, -0.2) is 0 Å². The zero-order chi connectivity index (χ0) is 13.6. The van der Waals surface area contributed by atoms with Crippen LogP contribution < -0.4 is 0 Å². The van der Waals surface area contributed by atoms with Crippen molar-refractivity contribution in [1.82, 2.24) is 0 Å². The second kappa shape index (κ2) is 7.36. The number of hydrogen-bond acceptors (Lipinski definition) is 1. The van der Waals surface area contributed by atoms with Crippen molar-refractivity contribution in [2.24, 2.45) is 11.3 Å². The van der Waals surface area contributed by atoms with Crippen molar-refractivity contribution < 1.29 is 0 Å². The van der Waals surface area contributed by atoms with Crippen molar-refractivity contribution >= 4 is 21.0 Å². The number of rotatable bonds is 5. The summed E-state index contributed by atoms with van der Waals surface area (Å²) in [4.78, 5) is 1.25. The minimum atomic E-state index is 0.202. The van der Waals surface area contributed by atoms with Gasteiger partial charge in [0.1, 0.15) is 0 Å². The summed E-state index contributed by atoms with van der Waals surface area (Å²) in [5.74, 6) is 0.670. The molecule has 0 saturated carbocycles. The molecular weight excluding hydrogens is 255 g/mol. The van der Waals surface area contributed by atoms with Gasteiger partial charge in [0.2, 0.25) is 0 Å². The Labute approximate surface area is 119 Å². The molecule has 0 heterocycles. The van der Waals surface area contributed by atoms with Crippen LogP contribution in [0.1, 0.15) is 40.0 Å². The Kier molecular flexibility index (Phi) is 6.46. The molecule has 0 nitrogen and oxygen atoms in total. The maximum Gasteiger partial charge on any atom is 0.00361 e. The molecule has 0 radical (unpaired) electrons. The van der Waals surface area contributed by atoms with Gasteiger partial charge in [-0.3, -0.25) is 0 Å². The van der Waals surface area contributed by atoms with E-state index in [1.54, 1.807) is 11.8 Å². The lowest BCUT2D eigenvalue weighted by molar-refractivity contribution is 0.504. The summed E-state index contributed by atoms with van der Waals surface area (Å²) in [5.41, 5.74) is 0.202. The SMILES string of the molecule is C=C(CCC1(C)C=CCC(C)C=C1)S/C=C(/C)P. The van der Waals surface area contributed by atoms with Crippen molar-refractivity contribution in [3.05, 3.63) is 46.5 Å². The van der Waals surface area contributed by atoms with Crippen molar-refractivity contribution in [2.45, 2.75) is 40.0 Å². The number of hydrogen-bond donors (Lipinski definition) is 0. The molecule has 1 aliphatic carbocycles. The Morgan fingerprint density at radius 3 is 2.94 bits per heavy atom. The van der Waals surface area contributed by atoms with Crippen molar-refractivity contribution in [3.8, 4) is 0 Å². The van der Waals surface area contributed by atoms with Crippen LogP contribution in [0, 0.1) is 11.3 Å². The van der Waals surface area contributed by atoms with Gasteiger partial charge in [-0.2, -0.15) is 0 Å². The second-order valence-electron chi connectivity index (χ2n) is 5.50. The molecule has 0 aromatic rings. The Morgan fingerprint density at radius 2 is 2.28 bits per heavy atom. The van der Waals surface area contributed by atoms with Crippen LogP contribution in [-0.4, -0.2) is 0 Å². The van der Waals surface area contributed by atoms with E-state index < -0.39 is 0 Å². The van der Waals surface area contributed by atoms with E-state index in [0.717, 1.165) is 19.3 Å². The maximum atomic E-state index is 4.14. The highest BCUT2D eigenvalue weighted by Crippen LogP contribution is 2.34. The Hall–Kier alpha value is -0.260. The first-order valence-electron chi connectivity index (χ1n) is 6.55. The van der Waals surface area contributed by atoms with E-state index in [9.17, 15) is 0 Å². The van der Waals surface area contributed by atoms with Crippen molar-refractivity contribution in [1.29, 1.82) is 0 Å². The summed E-state index contributed by atoms with van der Waals surface area (Å²) in [7, 11) is 2.71. The van der Waals surface area contributed by atoms with Gasteiger partial charge in [0, 0.05) is 5.41 Å². The van der Waals surface area contributed by atoms with Crippen LogP contribution in [-0.2, 0) is 0 Å². The average Bonchev–Trinajstić information content (AvgIpc) is 2.47. The molecule has 2 heteroatoms. The minimum absolute atomic E-state index is 0.202. The molecule has 0 aromatic carbocycles. The van der Waals surface area contributed by atoms with Crippen molar-refractivity contribution in [2.75, 3.05) is 0 Å². The van der Waals surface area contributed by atoms with Gasteiger partial charge in [-0.05, 0) is 47.7 Å². The molecule has 0 spiro atoms. The summed E-state index contributed by atoms with van der Waals surface area (Å²) in [6.07, 6.45) is 12.8. The summed E-state index contributed by atoms with van der Waals surface area (Å²) >= 11 is 1.75. The van der Waals surface area contributed by atoms with E-state index in [4.69, 9.17) is 0 Å². The molecule has 0 bridgehead atoms. The first-order valence-corrected chi connectivity index (χ1v) is 8.01. The standard InChI is InChI=1S/C16H25PS/c1-13-6-5-9-16(4,10-7-13)11-8-15(3)18-12-14(2)17/h5,7,9-10,12-13H,3,6,8,11,17H2,1-2,4H3/b14-12-. The molecule has 18 heavy (non-hydrogen) atoms. The highest BCUT2D eigenvalue weighted by Gasteiger charge is 2.19. The molecule has 0 fully saturated rings. The Balaban J connectivity index is 2.49. The van der Waals surface area contributed by atoms with E-state index in [-0.39, 0.29) is 5.41 Å². The third kappa shape index (κ3) is 6.07. The van der Waals surface area contributed by atoms with Crippen LogP contribution >= 0.6 is 21.0 Å². The van der Waals surface area contributed by atoms with Gasteiger partial charge in [0.05, 0.1) is 0 Å². The van der Waals surface area contributed by atoms with E-state index in [1.165, 1.54) is 10.2 Å². The summed E-state index contributed by atoms with van der Waals surface area (Å²) in [6.45, 7) is 10.8. The van der Waals surface area contributed by atoms with E-state index >= 15 is 0 Å². The fraction of sp³-hybridized carbons (Fsp3) is 0.500. The molecule has 0 N–H and O–H groups in total. The monoisotopic (exact) mass is 280 g/mol. The molecule has 3 unspecified atom stereocenters. The molecule has 3 atom stereocenters. The van der Waals surface area contributed by atoms with E-state index in [1.807, 2.05) is 0 Å². The first-order chi connectivity index (χ1) is 8.41. The molecule has 0 amide bonds. The number of allylic oxidation sites excluding steroid dienone is 6.